The number of sulfonamides is 1. The van der Waals surface area contributed by atoms with Crippen LogP contribution in [-0.2, 0) is 10.0 Å². The van der Waals surface area contributed by atoms with E-state index in [1.165, 1.54) is 22.8 Å². The Morgan fingerprint density at radius 3 is 2.88 bits per heavy atom. The van der Waals surface area contributed by atoms with E-state index in [0.29, 0.717) is 23.2 Å². The van der Waals surface area contributed by atoms with Gasteiger partial charge in [-0.1, -0.05) is 0 Å². The number of ether oxygens (including phenoxy) is 2. The molecule has 0 amide bonds. The largest absolute Gasteiger partial charge is 0.473 e. The van der Waals surface area contributed by atoms with Gasteiger partial charge in [0.15, 0.2) is 0 Å². The minimum atomic E-state index is -3.46. The van der Waals surface area contributed by atoms with E-state index in [1.54, 1.807) is 18.3 Å². The lowest BCUT2D eigenvalue weighted by Gasteiger charge is -2.31. The van der Waals surface area contributed by atoms with Crippen LogP contribution in [0.3, 0.4) is 0 Å². The molecule has 130 valence electrons. The normalized spacial score (nSPS) is 19.2. The number of thiophene rings is 1. The summed E-state index contributed by atoms with van der Waals surface area (Å²) in [5, 5.41) is 0. The predicted molar refractivity (Wildman–Crippen MR) is 90.0 cm³/mol. The van der Waals surface area contributed by atoms with Gasteiger partial charge in [-0.3, -0.25) is 0 Å². The highest BCUT2D eigenvalue weighted by Gasteiger charge is 2.32. The molecule has 2 aromatic heterocycles. The van der Waals surface area contributed by atoms with E-state index in [4.69, 9.17) is 9.47 Å². The fourth-order valence-electron chi connectivity index (χ4n) is 2.56. The maximum atomic E-state index is 12.7. The molecule has 1 atom stereocenters. The van der Waals surface area contributed by atoms with E-state index in [-0.39, 0.29) is 12.1 Å². The number of aryl methyl sites for hydroxylation is 1. The monoisotopic (exact) mass is 369 g/mol. The van der Waals surface area contributed by atoms with Gasteiger partial charge in [0, 0.05) is 23.7 Å². The number of aromatic nitrogens is 2. The summed E-state index contributed by atoms with van der Waals surface area (Å²) >= 11 is 1.29. The summed E-state index contributed by atoms with van der Waals surface area (Å²) in [5.74, 6) is 0.387. The van der Waals surface area contributed by atoms with Crippen LogP contribution >= 0.6 is 11.3 Å². The van der Waals surface area contributed by atoms with Gasteiger partial charge in [0.1, 0.15) is 10.3 Å². The van der Waals surface area contributed by atoms with Gasteiger partial charge in [0.2, 0.25) is 5.88 Å². The van der Waals surface area contributed by atoms with Crippen LogP contribution in [-0.4, -0.2) is 49.0 Å². The van der Waals surface area contributed by atoms with Crippen LogP contribution in [0.15, 0.2) is 28.6 Å². The minimum Gasteiger partial charge on any atom is -0.473 e. The van der Waals surface area contributed by atoms with E-state index in [0.717, 1.165) is 17.7 Å². The maximum absolute atomic E-state index is 12.7. The summed E-state index contributed by atoms with van der Waals surface area (Å²) in [5.41, 5.74) is 0. The molecule has 3 rings (SSSR count). The molecule has 9 heteroatoms. The van der Waals surface area contributed by atoms with Crippen LogP contribution in [0, 0.1) is 6.92 Å². The molecule has 7 nitrogen and oxygen atoms in total. The van der Waals surface area contributed by atoms with E-state index in [9.17, 15) is 8.42 Å². The standard InChI is InChI=1S/C15H19N3O4S2/c1-11-5-6-14(23-11)24(19,20)18-9-3-4-12(10-18)22-13-7-8-16-15(17-13)21-2/h5-8,12H,3-4,9-10H2,1-2H3. The van der Waals surface area contributed by atoms with E-state index < -0.39 is 10.0 Å². The predicted octanol–water partition coefficient (Wildman–Crippen LogP) is 2.09. The number of methoxy groups -OCH3 is 1. The maximum Gasteiger partial charge on any atom is 0.319 e. The van der Waals surface area contributed by atoms with Crippen molar-refractivity contribution in [2.75, 3.05) is 20.2 Å². The van der Waals surface area contributed by atoms with Crippen molar-refractivity contribution in [2.24, 2.45) is 0 Å². The van der Waals surface area contributed by atoms with Crippen LogP contribution in [0.4, 0.5) is 0 Å². The second kappa shape index (κ2) is 7.04. The Morgan fingerprint density at radius 2 is 2.17 bits per heavy atom. The summed E-state index contributed by atoms with van der Waals surface area (Å²) in [6.07, 6.45) is 2.83. The quantitative estimate of drug-likeness (QED) is 0.803. The number of hydrogen-bond acceptors (Lipinski definition) is 7. The van der Waals surface area contributed by atoms with Gasteiger partial charge < -0.3 is 9.47 Å². The Labute approximate surface area is 145 Å². The van der Waals surface area contributed by atoms with Crippen molar-refractivity contribution in [3.63, 3.8) is 0 Å². The highest BCUT2D eigenvalue weighted by atomic mass is 32.2. The van der Waals surface area contributed by atoms with Crippen molar-refractivity contribution < 1.29 is 17.9 Å². The molecule has 1 aliphatic heterocycles. The molecule has 1 saturated heterocycles. The molecule has 24 heavy (non-hydrogen) atoms. The molecule has 1 unspecified atom stereocenters. The Bertz CT molecular complexity index is 807. The van der Waals surface area contributed by atoms with Gasteiger partial charge in [-0.15, -0.1) is 11.3 Å². The Hall–Kier alpha value is -1.71. The molecule has 0 aromatic carbocycles. The summed E-state index contributed by atoms with van der Waals surface area (Å²) in [6, 6.07) is 5.35. The van der Waals surface area contributed by atoms with Crippen molar-refractivity contribution in [3.05, 3.63) is 29.3 Å². The molecule has 3 heterocycles. The fraction of sp³-hybridized carbons (Fsp3) is 0.467. The first-order valence-corrected chi connectivity index (χ1v) is 9.85. The van der Waals surface area contributed by atoms with Crippen LogP contribution in [0.1, 0.15) is 17.7 Å². The third-order valence-corrected chi connectivity index (χ3v) is 7.06. The van der Waals surface area contributed by atoms with Crippen molar-refractivity contribution in [3.8, 4) is 11.9 Å². The smallest absolute Gasteiger partial charge is 0.319 e. The number of rotatable bonds is 5. The topological polar surface area (TPSA) is 81.6 Å². The third kappa shape index (κ3) is 3.68. The average Bonchev–Trinajstić information content (AvgIpc) is 3.02. The lowest BCUT2D eigenvalue weighted by atomic mass is 10.1. The molecule has 0 bridgehead atoms. The first-order valence-electron chi connectivity index (χ1n) is 7.59. The molecule has 0 aliphatic carbocycles. The molecular weight excluding hydrogens is 350 g/mol. The zero-order chi connectivity index (χ0) is 17.2. The Morgan fingerprint density at radius 1 is 1.33 bits per heavy atom. The minimum absolute atomic E-state index is 0.224. The van der Waals surface area contributed by atoms with E-state index >= 15 is 0 Å². The zero-order valence-electron chi connectivity index (χ0n) is 13.5. The number of hydrogen-bond donors (Lipinski definition) is 0. The van der Waals surface area contributed by atoms with Gasteiger partial charge in [-0.05, 0) is 31.9 Å². The summed E-state index contributed by atoms with van der Waals surface area (Å²) in [6.45, 7) is 2.71. The summed E-state index contributed by atoms with van der Waals surface area (Å²) in [7, 11) is -1.98. The van der Waals surface area contributed by atoms with E-state index in [2.05, 4.69) is 9.97 Å². The number of nitrogens with zero attached hydrogens (tertiary/aromatic N) is 3. The molecule has 0 radical (unpaired) electrons. The van der Waals surface area contributed by atoms with Crippen molar-refractivity contribution in [1.82, 2.24) is 14.3 Å². The lowest BCUT2D eigenvalue weighted by molar-refractivity contribution is 0.123. The summed E-state index contributed by atoms with van der Waals surface area (Å²) < 4.78 is 38.1. The van der Waals surface area contributed by atoms with Gasteiger partial charge in [-0.25, -0.2) is 13.4 Å². The number of piperidine rings is 1. The second-order valence-electron chi connectivity index (χ2n) is 5.49. The molecular formula is C15H19N3O4S2. The van der Waals surface area contributed by atoms with Gasteiger partial charge in [0.25, 0.3) is 10.0 Å². The molecule has 1 fully saturated rings. The first-order chi connectivity index (χ1) is 11.5. The second-order valence-corrected chi connectivity index (χ2v) is 8.94. The van der Waals surface area contributed by atoms with E-state index in [1.807, 2.05) is 13.0 Å². The lowest BCUT2D eigenvalue weighted by Crippen LogP contribution is -2.44. The highest BCUT2D eigenvalue weighted by molar-refractivity contribution is 7.91. The molecule has 0 spiro atoms. The van der Waals surface area contributed by atoms with Crippen LogP contribution < -0.4 is 9.47 Å². The molecule has 1 aliphatic rings. The van der Waals surface area contributed by atoms with Crippen LogP contribution in [0.2, 0.25) is 0 Å². The van der Waals surface area contributed by atoms with Gasteiger partial charge in [0.05, 0.1) is 13.7 Å². The third-order valence-electron chi connectivity index (χ3n) is 3.73. The summed E-state index contributed by atoms with van der Waals surface area (Å²) in [4.78, 5) is 9.02. The fourth-order valence-corrected chi connectivity index (χ4v) is 5.51. The first kappa shape index (κ1) is 17.1. The zero-order valence-corrected chi connectivity index (χ0v) is 15.1. The Kier molecular flexibility index (Phi) is 5.02. The molecule has 0 N–H and O–H groups in total. The average molecular weight is 369 g/mol. The van der Waals surface area contributed by atoms with Crippen LogP contribution in [0.5, 0.6) is 11.9 Å². The highest BCUT2D eigenvalue weighted by Crippen LogP contribution is 2.27. The molecule has 0 saturated carbocycles. The van der Waals surface area contributed by atoms with Crippen molar-refractivity contribution in [1.29, 1.82) is 0 Å². The van der Waals surface area contributed by atoms with Crippen molar-refractivity contribution >= 4 is 21.4 Å². The van der Waals surface area contributed by atoms with Crippen LogP contribution in [0.25, 0.3) is 0 Å². The van der Waals surface area contributed by atoms with Crippen molar-refractivity contribution in [2.45, 2.75) is 30.1 Å². The molecule has 2 aromatic rings. The Balaban J connectivity index is 1.72. The van der Waals surface area contributed by atoms with Gasteiger partial charge >= 0.3 is 6.01 Å². The SMILES string of the molecule is COc1nccc(OC2CCCN(S(=O)(=O)c3ccc(C)s3)C2)n1. The van der Waals surface area contributed by atoms with Gasteiger partial charge in [-0.2, -0.15) is 9.29 Å².